The van der Waals surface area contributed by atoms with Crippen molar-refractivity contribution in [1.29, 1.82) is 0 Å². The van der Waals surface area contributed by atoms with E-state index in [4.69, 9.17) is 4.74 Å². The molecule has 0 saturated carbocycles. The van der Waals surface area contributed by atoms with Gasteiger partial charge in [-0.1, -0.05) is 43.4 Å². The third kappa shape index (κ3) is 6.07. The molecule has 1 heterocycles. The van der Waals surface area contributed by atoms with Crippen molar-refractivity contribution in [1.82, 2.24) is 9.78 Å². The Hall–Kier alpha value is -2.54. The number of benzene rings is 1. The van der Waals surface area contributed by atoms with Gasteiger partial charge in [-0.25, -0.2) is 4.79 Å². The quantitative estimate of drug-likeness (QED) is 0.567. The van der Waals surface area contributed by atoms with E-state index >= 15 is 0 Å². The summed E-state index contributed by atoms with van der Waals surface area (Å²) in [7, 11) is 0. The Balaban J connectivity index is 2.26. The van der Waals surface area contributed by atoms with Crippen molar-refractivity contribution in [2.75, 3.05) is 0 Å². The van der Waals surface area contributed by atoms with Gasteiger partial charge in [-0.2, -0.15) is 9.78 Å². The smallest absolute Gasteiger partial charge is 0.435 e. The summed E-state index contributed by atoms with van der Waals surface area (Å²) in [5, 5.41) is 4.37. The highest BCUT2D eigenvalue weighted by Gasteiger charge is 2.21. The summed E-state index contributed by atoms with van der Waals surface area (Å²) < 4.78 is 6.83. The van der Waals surface area contributed by atoms with Crippen LogP contribution < -0.4 is 0 Å². The lowest BCUT2D eigenvalue weighted by atomic mass is 10.1. The molecule has 4 heteroatoms. The molecule has 2 aromatic rings. The third-order valence-corrected chi connectivity index (χ3v) is 3.77. The van der Waals surface area contributed by atoms with Crippen LogP contribution >= 0.6 is 0 Å². The Morgan fingerprint density at radius 1 is 1.15 bits per heavy atom. The van der Waals surface area contributed by atoms with Crippen LogP contribution in [0.4, 0.5) is 4.79 Å². The van der Waals surface area contributed by atoms with Gasteiger partial charge in [-0.05, 0) is 64.7 Å². The summed E-state index contributed by atoms with van der Waals surface area (Å²) in [6.45, 7) is 9.75. The van der Waals surface area contributed by atoms with E-state index in [1.807, 2.05) is 58.0 Å². The number of ether oxygens (including phenoxy) is 1. The molecule has 0 radical (unpaired) electrons. The van der Waals surface area contributed by atoms with Gasteiger partial charge in [0.15, 0.2) is 0 Å². The van der Waals surface area contributed by atoms with E-state index < -0.39 is 11.7 Å². The molecule has 0 aliphatic heterocycles. The molecule has 0 aliphatic rings. The number of carbonyl (C=O) groups excluding carboxylic acids is 1. The Kier molecular flexibility index (Phi) is 6.63. The Morgan fingerprint density at radius 3 is 2.46 bits per heavy atom. The molecule has 0 aliphatic carbocycles. The minimum Gasteiger partial charge on any atom is -0.442 e. The molecule has 0 N–H and O–H groups in total. The van der Waals surface area contributed by atoms with Crippen molar-refractivity contribution in [3.05, 3.63) is 52.8 Å². The van der Waals surface area contributed by atoms with E-state index in [-0.39, 0.29) is 0 Å². The maximum Gasteiger partial charge on any atom is 0.435 e. The molecule has 0 fully saturated rings. The van der Waals surface area contributed by atoms with Crippen LogP contribution in [0, 0.1) is 18.8 Å². The van der Waals surface area contributed by atoms with Crippen LogP contribution in [0.1, 0.15) is 69.5 Å². The van der Waals surface area contributed by atoms with E-state index in [1.54, 1.807) is 0 Å². The molecule has 0 amide bonds. The fraction of sp³-hybridized carbons (Fsp3) is 0.455. The first-order valence-electron chi connectivity index (χ1n) is 9.19. The summed E-state index contributed by atoms with van der Waals surface area (Å²) in [4.78, 5) is 12.5. The van der Waals surface area contributed by atoms with Crippen LogP contribution in [0.25, 0.3) is 0 Å². The average Bonchev–Trinajstić information content (AvgIpc) is 2.96. The molecule has 0 spiro atoms. The number of unbranched alkanes of at least 4 members (excludes halogenated alkanes) is 2. The maximum absolute atomic E-state index is 12.5. The van der Waals surface area contributed by atoms with Crippen molar-refractivity contribution < 1.29 is 9.53 Å². The van der Waals surface area contributed by atoms with E-state index in [0.717, 1.165) is 36.9 Å². The van der Waals surface area contributed by atoms with E-state index in [0.29, 0.717) is 5.69 Å². The largest absolute Gasteiger partial charge is 0.442 e. The lowest BCUT2D eigenvalue weighted by Gasteiger charge is -2.19. The molecule has 2 rings (SSSR count). The monoisotopic (exact) mass is 352 g/mol. The molecule has 0 saturated heterocycles. The van der Waals surface area contributed by atoms with Crippen molar-refractivity contribution in [2.24, 2.45) is 0 Å². The Morgan fingerprint density at radius 2 is 1.85 bits per heavy atom. The minimum absolute atomic E-state index is 0.451. The molecule has 0 bridgehead atoms. The van der Waals surface area contributed by atoms with Gasteiger partial charge in [0.2, 0.25) is 0 Å². The fourth-order valence-electron chi connectivity index (χ4n) is 2.45. The summed E-state index contributed by atoms with van der Waals surface area (Å²) in [6.07, 6.45) is 3.58. The summed E-state index contributed by atoms with van der Waals surface area (Å²) in [5.74, 6) is 6.16. The highest BCUT2D eigenvalue weighted by molar-refractivity contribution is 5.71. The van der Waals surface area contributed by atoms with Crippen LogP contribution in [-0.2, 0) is 11.2 Å². The van der Waals surface area contributed by atoms with Crippen LogP contribution in [0.2, 0.25) is 0 Å². The summed E-state index contributed by atoms with van der Waals surface area (Å²) in [6, 6.07) is 9.91. The maximum atomic E-state index is 12.5. The predicted octanol–water partition coefficient (Wildman–Crippen LogP) is 5.11. The van der Waals surface area contributed by atoms with E-state index in [9.17, 15) is 4.79 Å². The van der Waals surface area contributed by atoms with Crippen LogP contribution in [0.3, 0.4) is 0 Å². The minimum atomic E-state index is -0.558. The first-order valence-corrected chi connectivity index (χ1v) is 9.19. The Bertz CT molecular complexity index is 799. The molecule has 1 aromatic carbocycles. The number of hydrogen-bond acceptors (Lipinski definition) is 3. The molecular weight excluding hydrogens is 324 g/mol. The number of rotatable bonds is 4. The van der Waals surface area contributed by atoms with Crippen LogP contribution in [0.5, 0.6) is 0 Å². The first-order chi connectivity index (χ1) is 12.3. The normalized spacial score (nSPS) is 11.0. The number of hydrogen-bond donors (Lipinski definition) is 0. The van der Waals surface area contributed by atoms with Gasteiger partial charge in [-0.3, -0.25) is 0 Å². The molecule has 0 atom stereocenters. The molecule has 0 unspecified atom stereocenters. The van der Waals surface area contributed by atoms with Crippen LogP contribution in [-0.4, -0.2) is 21.5 Å². The van der Waals surface area contributed by atoms with Gasteiger partial charge in [0.1, 0.15) is 11.3 Å². The lowest BCUT2D eigenvalue weighted by Crippen LogP contribution is -2.28. The van der Waals surface area contributed by atoms with Crippen molar-refractivity contribution in [2.45, 2.75) is 65.9 Å². The van der Waals surface area contributed by atoms with Crippen LogP contribution in [0.15, 0.2) is 30.3 Å². The number of nitrogens with zero attached hydrogens (tertiary/aromatic N) is 2. The van der Waals surface area contributed by atoms with Gasteiger partial charge in [0.25, 0.3) is 0 Å². The van der Waals surface area contributed by atoms with Gasteiger partial charge < -0.3 is 4.74 Å². The lowest BCUT2D eigenvalue weighted by molar-refractivity contribution is 0.0509. The van der Waals surface area contributed by atoms with Crippen molar-refractivity contribution in [3.63, 3.8) is 0 Å². The summed E-state index contributed by atoms with van der Waals surface area (Å²) >= 11 is 0. The Labute approximate surface area is 156 Å². The standard InChI is InChI=1S/C22H28N2O2/c1-6-7-8-9-20-16-19(15-14-18-12-10-17(2)11-13-18)23-24(20)21(25)26-22(3,4)5/h10-13,16H,6-9H2,1-5H3. The zero-order valence-corrected chi connectivity index (χ0v) is 16.4. The highest BCUT2D eigenvalue weighted by atomic mass is 16.6. The fourth-order valence-corrected chi connectivity index (χ4v) is 2.45. The second-order valence-corrected chi connectivity index (χ2v) is 7.49. The van der Waals surface area contributed by atoms with Gasteiger partial charge in [0, 0.05) is 5.56 Å². The molecule has 1 aromatic heterocycles. The second kappa shape index (κ2) is 8.71. The molecule has 138 valence electrons. The van der Waals surface area contributed by atoms with Crippen molar-refractivity contribution >= 4 is 6.09 Å². The predicted molar refractivity (Wildman–Crippen MR) is 104 cm³/mol. The SMILES string of the molecule is CCCCCc1cc(C#Cc2ccc(C)cc2)nn1C(=O)OC(C)(C)C. The number of carbonyl (C=O) groups is 1. The van der Waals surface area contributed by atoms with Gasteiger partial charge in [-0.15, -0.1) is 0 Å². The summed E-state index contributed by atoms with van der Waals surface area (Å²) in [5.41, 5.74) is 3.00. The zero-order valence-electron chi connectivity index (χ0n) is 16.4. The molecule has 4 nitrogen and oxygen atoms in total. The highest BCUT2D eigenvalue weighted by Crippen LogP contribution is 2.14. The van der Waals surface area contributed by atoms with E-state index in [2.05, 4.69) is 23.9 Å². The van der Waals surface area contributed by atoms with Gasteiger partial charge >= 0.3 is 6.09 Å². The number of aryl methyl sites for hydroxylation is 2. The zero-order chi connectivity index (χ0) is 19.2. The average molecular weight is 352 g/mol. The van der Waals surface area contributed by atoms with E-state index in [1.165, 1.54) is 10.2 Å². The third-order valence-electron chi connectivity index (χ3n) is 3.77. The van der Waals surface area contributed by atoms with Gasteiger partial charge in [0.05, 0.1) is 5.69 Å². The second-order valence-electron chi connectivity index (χ2n) is 7.49. The van der Waals surface area contributed by atoms with Crippen molar-refractivity contribution in [3.8, 4) is 11.8 Å². The number of aromatic nitrogens is 2. The molecule has 26 heavy (non-hydrogen) atoms. The first kappa shape index (κ1) is 19.8. The molecular formula is C22H28N2O2. The topological polar surface area (TPSA) is 44.1 Å².